The average molecular weight is 1380 g/mol. The Labute approximate surface area is 575 Å². The highest BCUT2D eigenvalue weighted by Gasteiger charge is 2.30. The molecule has 0 heterocycles. The van der Waals surface area contributed by atoms with Crippen molar-refractivity contribution in [2.75, 3.05) is 39.6 Å². The molecule has 17 nitrogen and oxygen atoms in total. The highest BCUT2D eigenvalue weighted by Crippen LogP contribution is 2.45. The summed E-state index contributed by atoms with van der Waals surface area (Å²) in [5.41, 5.74) is 0. The molecule has 0 fully saturated rings. The number of phosphoric acid groups is 2. The van der Waals surface area contributed by atoms with E-state index in [1.54, 1.807) is 0 Å². The van der Waals surface area contributed by atoms with Gasteiger partial charge in [0.05, 0.1) is 26.4 Å². The molecule has 19 heteroatoms. The Kier molecular flexibility index (Phi) is 66.8. The Morgan fingerprint density at radius 3 is 0.723 bits per heavy atom. The monoisotopic (exact) mass is 1380 g/mol. The Morgan fingerprint density at radius 1 is 0.287 bits per heavy atom. The van der Waals surface area contributed by atoms with E-state index in [-0.39, 0.29) is 25.7 Å². The first-order valence-electron chi connectivity index (χ1n) is 39.1. The van der Waals surface area contributed by atoms with Gasteiger partial charge in [0, 0.05) is 25.7 Å². The maximum atomic E-state index is 13.1. The van der Waals surface area contributed by atoms with Gasteiger partial charge in [0.2, 0.25) is 0 Å². The lowest BCUT2D eigenvalue weighted by atomic mass is 10.0. The third-order valence-corrected chi connectivity index (χ3v) is 19.4. The van der Waals surface area contributed by atoms with Gasteiger partial charge in [-0.3, -0.25) is 37.3 Å². The molecule has 0 aliphatic heterocycles. The Hall–Kier alpha value is -1.94. The number of carbonyl (C=O) groups is 4. The van der Waals surface area contributed by atoms with E-state index in [2.05, 4.69) is 34.6 Å². The van der Waals surface area contributed by atoms with Gasteiger partial charge in [0.25, 0.3) is 0 Å². The smallest absolute Gasteiger partial charge is 0.462 e. The molecule has 0 aromatic rings. The van der Waals surface area contributed by atoms with Crippen molar-refractivity contribution >= 4 is 39.5 Å². The van der Waals surface area contributed by atoms with Gasteiger partial charge >= 0.3 is 39.5 Å². The second kappa shape index (κ2) is 68.2. The summed E-state index contributed by atoms with van der Waals surface area (Å²) in [6.45, 7) is 7.26. The summed E-state index contributed by atoms with van der Waals surface area (Å²) < 4.78 is 68.5. The molecule has 0 rings (SSSR count). The highest BCUT2D eigenvalue weighted by atomic mass is 31.2. The van der Waals surface area contributed by atoms with Crippen LogP contribution < -0.4 is 0 Å². The van der Waals surface area contributed by atoms with Crippen LogP contribution in [-0.4, -0.2) is 96.7 Å². The fourth-order valence-electron chi connectivity index (χ4n) is 11.5. The van der Waals surface area contributed by atoms with Crippen molar-refractivity contribution in [3.05, 3.63) is 0 Å². The molecule has 2 unspecified atom stereocenters. The number of aliphatic hydroxyl groups excluding tert-OH is 1. The molecule has 0 bridgehead atoms. The van der Waals surface area contributed by atoms with Gasteiger partial charge in [-0.1, -0.05) is 343 Å². The second-order valence-electron chi connectivity index (χ2n) is 27.5. The van der Waals surface area contributed by atoms with Crippen LogP contribution in [0.1, 0.15) is 394 Å². The van der Waals surface area contributed by atoms with Crippen LogP contribution in [0.5, 0.6) is 0 Å². The summed E-state index contributed by atoms with van der Waals surface area (Å²) >= 11 is 0. The fourth-order valence-corrected chi connectivity index (χ4v) is 13.1. The lowest BCUT2D eigenvalue weighted by molar-refractivity contribution is -0.161. The zero-order chi connectivity index (χ0) is 69.1. The SMILES string of the molecule is CCCCCCCCCCCCCCCCCCCC(=O)O[C@H](COC(=O)CCCCCCCCCCCCCCC)COP(=O)(O)OC[C@@H](O)COP(=O)(O)OC[C@@H](COC(=O)CCCCCCCCCCC(C)C)OC(=O)CCCCCCCCCCCCCCC. The molecule has 0 radical (unpaired) electrons. The van der Waals surface area contributed by atoms with Crippen molar-refractivity contribution in [2.24, 2.45) is 5.92 Å². The van der Waals surface area contributed by atoms with Crippen LogP contribution in [0, 0.1) is 5.92 Å². The molecule has 0 amide bonds. The number of hydrogen-bond donors (Lipinski definition) is 3. The molecule has 0 aliphatic carbocycles. The summed E-state index contributed by atoms with van der Waals surface area (Å²) in [5, 5.41) is 10.6. The fraction of sp³-hybridized carbons (Fsp3) is 0.947. The topological polar surface area (TPSA) is 237 Å². The molecule has 0 saturated carbocycles. The van der Waals surface area contributed by atoms with E-state index in [0.717, 1.165) is 95.8 Å². The molecular weight excluding hydrogens is 1230 g/mol. The van der Waals surface area contributed by atoms with Crippen LogP contribution in [-0.2, 0) is 65.4 Å². The molecule has 0 saturated heterocycles. The van der Waals surface area contributed by atoms with Crippen LogP contribution in [0.3, 0.4) is 0 Å². The lowest BCUT2D eigenvalue weighted by Crippen LogP contribution is -2.30. The summed E-state index contributed by atoms with van der Waals surface area (Å²) in [5.74, 6) is -1.39. The Balaban J connectivity index is 5.25. The zero-order valence-electron chi connectivity index (χ0n) is 61.1. The first kappa shape index (κ1) is 92.1. The van der Waals surface area contributed by atoms with E-state index in [1.807, 2.05) is 0 Å². The largest absolute Gasteiger partial charge is 0.472 e. The number of carbonyl (C=O) groups excluding carboxylic acids is 4. The Bertz CT molecular complexity index is 1810. The molecular formula is C75H146O17P2. The van der Waals surface area contributed by atoms with E-state index in [4.69, 9.17) is 37.0 Å². The minimum Gasteiger partial charge on any atom is -0.462 e. The van der Waals surface area contributed by atoms with Gasteiger partial charge in [0.1, 0.15) is 19.3 Å². The second-order valence-corrected chi connectivity index (χ2v) is 30.4. The molecule has 558 valence electrons. The highest BCUT2D eigenvalue weighted by molar-refractivity contribution is 7.47. The summed E-state index contributed by atoms with van der Waals surface area (Å²) in [6.07, 6.45) is 56.7. The Morgan fingerprint density at radius 2 is 0.489 bits per heavy atom. The zero-order valence-corrected chi connectivity index (χ0v) is 62.9. The van der Waals surface area contributed by atoms with Crippen molar-refractivity contribution in [3.63, 3.8) is 0 Å². The van der Waals surface area contributed by atoms with Gasteiger partial charge in [-0.05, 0) is 31.6 Å². The van der Waals surface area contributed by atoms with Crippen LogP contribution in [0.2, 0.25) is 0 Å². The number of ether oxygens (including phenoxy) is 4. The van der Waals surface area contributed by atoms with Crippen LogP contribution >= 0.6 is 15.6 Å². The molecule has 0 aromatic carbocycles. The van der Waals surface area contributed by atoms with Crippen LogP contribution in [0.25, 0.3) is 0 Å². The van der Waals surface area contributed by atoms with Crippen molar-refractivity contribution in [1.82, 2.24) is 0 Å². The first-order chi connectivity index (χ1) is 45.5. The molecule has 94 heavy (non-hydrogen) atoms. The number of hydrogen-bond acceptors (Lipinski definition) is 15. The van der Waals surface area contributed by atoms with E-state index in [1.165, 1.54) is 218 Å². The average Bonchev–Trinajstić information content (AvgIpc) is 1.99. The molecule has 5 atom stereocenters. The molecule has 3 N–H and O–H groups in total. The molecule has 0 spiro atoms. The molecule has 0 aromatic heterocycles. The predicted octanol–water partition coefficient (Wildman–Crippen LogP) is 22.1. The summed E-state index contributed by atoms with van der Waals surface area (Å²) in [4.78, 5) is 72.8. The first-order valence-corrected chi connectivity index (χ1v) is 42.1. The quantitative estimate of drug-likeness (QED) is 0.0222. The van der Waals surface area contributed by atoms with Crippen molar-refractivity contribution in [2.45, 2.75) is 412 Å². The third kappa shape index (κ3) is 68.6. The maximum absolute atomic E-state index is 13.1. The minimum atomic E-state index is -4.96. The van der Waals surface area contributed by atoms with Gasteiger partial charge in [0.15, 0.2) is 12.2 Å². The normalized spacial score (nSPS) is 14.0. The van der Waals surface area contributed by atoms with E-state index in [9.17, 15) is 43.2 Å². The van der Waals surface area contributed by atoms with Crippen molar-refractivity contribution < 1.29 is 80.2 Å². The summed E-state index contributed by atoms with van der Waals surface area (Å²) in [6, 6.07) is 0. The standard InChI is InChI=1S/C75H146O17P2/c1-6-9-12-15-18-21-24-27-28-29-30-33-36-39-46-51-56-61-75(80)91-70(64-85-72(77)58-53-48-43-37-34-31-25-22-19-16-13-10-7-2)66-89-93(81,82)87-62-69(76)63-88-94(83,84)90-67-71(65-86-73(78)59-54-49-44-41-40-42-47-52-57-68(4)5)92-74(79)60-55-50-45-38-35-32-26-23-20-17-14-11-8-3/h68-71,76H,6-67H2,1-5H3,(H,81,82)(H,83,84)/t69-,70-,71-/m1/s1. The number of rotatable bonds is 75. The number of esters is 4. The van der Waals surface area contributed by atoms with E-state index < -0.39 is 97.5 Å². The van der Waals surface area contributed by atoms with Gasteiger partial charge < -0.3 is 33.8 Å². The predicted molar refractivity (Wildman–Crippen MR) is 382 cm³/mol. The van der Waals surface area contributed by atoms with Crippen LogP contribution in [0.15, 0.2) is 0 Å². The number of phosphoric ester groups is 2. The van der Waals surface area contributed by atoms with Gasteiger partial charge in [-0.2, -0.15) is 0 Å². The molecule has 0 aliphatic rings. The van der Waals surface area contributed by atoms with Gasteiger partial charge in [-0.15, -0.1) is 0 Å². The maximum Gasteiger partial charge on any atom is 0.472 e. The van der Waals surface area contributed by atoms with Crippen molar-refractivity contribution in [1.29, 1.82) is 0 Å². The third-order valence-electron chi connectivity index (χ3n) is 17.5. The number of unbranched alkanes of at least 4 members (excludes halogenated alkanes) is 47. The van der Waals surface area contributed by atoms with E-state index in [0.29, 0.717) is 25.7 Å². The van der Waals surface area contributed by atoms with E-state index >= 15 is 0 Å². The van der Waals surface area contributed by atoms with Crippen LogP contribution in [0.4, 0.5) is 0 Å². The summed E-state index contributed by atoms with van der Waals surface area (Å²) in [7, 11) is -9.91. The minimum absolute atomic E-state index is 0.107. The van der Waals surface area contributed by atoms with Gasteiger partial charge in [-0.25, -0.2) is 9.13 Å². The number of aliphatic hydroxyl groups is 1. The van der Waals surface area contributed by atoms with Crippen molar-refractivity contribution in [3.8, 4) is 0 Å². The lowest BCUT2D eigenvalue weighted by Gasteiger charge is -2.21.